The molecule has 0 atom stereocenters. The molecule has 1 aliphatic carbocycles. The van der Waals surface area contributed by atoms with Gasteiger partial charge in [0, 0.05) is 31.1 Å². The third kappa shape index (κ3) is 3.76. The average Bonchev–Trinajstić information content (AvgIpc) is 3.03. The van der Waals surface area contributed by atoms with Gasteiger partial charge in [-0.05, 0) is 24.3 Å². The van der Waals surface area contributed by atoms with Gasteiger partial charge < -0.3 is 10.1 Å². The number of hydrogen-bond acceptors (Lipinski definition) is 5. The molecule has 2 N–H and O–H groups in total. The van der Waals surface area contributed by atoms with E-state index in [0.29, 0.717) is 30.6 Å². The van der Waals surface area contributed by atoms with Crippen LogP contribution in [0.1, 0.15) is 17.7 Å². The van der Waals surface area contributed by atoms with E-state index in [9.17, 15) is 8.42 Å². The van der Waals surface area contributed by atoms with Crippen LogP contribution in [0.3, 0.4) is 0 Å². The lowest BCUT2D eigenvalue weighted by Gasteiger charge is -2.07. The summed E-state index contributed by atoms with van der Waals surface area (Å²) in [4.78, 5) is 1.25. The van der Waals surface area contributed by atoms with Crippen LogP contribution in [0.15, 0.2) is 16.3 Å². The number of thiophene rings is 1. The first-order valence-electron chi connectivity index (χ1n) is 5.92. The second-order valence-corrected chi connectivity index (χ2v) is 6.99. The smallest absolute Gasteiger partial charge is 0.241 e. The summed E-state index contributed by atoms with van der Waals surface area (Å²) in [6.07, 6.45) is 2.39. The molecule has 0 unspecified atom stereocenters. The lowest BCUT2D eigenvalue weighted by molar-refractivity contribution is 0.204. The number of ether oxygens (including phenoxy) is 1. The van der Waals surface area contributed by atoms with Crippen LogP contribution in [-0.4, -0.2) is 34.7 Å². The fraction of sp³-hybridized carbons (Fsp3) is 0.636. The van der Waals surface area contributed by atoms with Gasteiger partial charge in [-0.15, -0.1) is 11.3 Å². The number of sulfonamides is 1. The molecule has 1 aromatic rings. The average molecular weight is 290 g/mol. The largest absolute Gasteiger partial charge is 0.383 e. The second kappa shape index (κ2) is 6.12. The van der Waals surface area contributed by atoms with Crippen molar-refractivity contribution in [2.75, 3.05) is 20.3 Å². The van der Waals surface area contributed by atoms with Crippen LogP contribution < -0.4 is 10.0 Å². The molecule has 0 aliphatic heterocycles. The Labute approximate surface area is 112 Å². The Morgan fingerprint density at radius 3 is 2.94 bits per heavy atom. The van der Waals surface area contributed by atoms with Crippen molar-refractivity contribution in [3.05, 3.63) is 16.3 Å². The summed E-state index contributed by atoms with van der Waals surface area (Å²) in [7, 11) is -1.86. The maximum atomic E-state index is 12.1. The molecule has 1 aromatic heterocycles. The molecule has 5 nitrogen and oxygen atoms in total. The first-order valence-corrected chi connectivity index (χ1v) is 8.28. The lowest BCUT2D eigenvalue weighted by atomic mass is 10.4. The minimum Gasteiger partial charge on any atom is -0.383 e. The van der Waals surface area contributed by atoms with Crippen LogP contribution in [0, 0.1) is 0 Å². The maximum absolute atomic E-state index is 12.1. The third-order valence-electron chi connectivity index (χ3n) is 2.72. The van der Waals surface area contributed by atoms with Crippen molar-refractivity contribution >= 4 is 21.4 Å². The Balaban J connectivity index is 1.99. The Morgan fingerprint density at radius 1 is 1.50 bits per heavy atom. The quantitative estimate of drug-likeness (QED) is 0.699. The van der Waals surface area contributed by atoms with E-state index in [4.69, 9.17) is 4.74 Å². The molecular weight excluding hydrogens is 272 g/mol. The van der Waals surface area contributed by atoms with Crippen molar-refractivity contribution in [2.24, 2.45) is 0 Å². The summed E-state index contributed by atoms with van der Waals surface area (Å²) in [6, 6.07) is 2.23. The highest BCUT2D eigenvalue weighted by Crippen LogP contribution is 2.24. The van der Waals surface area contributed by atoms with Gasteiger partial charge in [0.2, 0.25) is 10.0 Å². The number of nitrogens with one attached hydrogen (secondary N) is 2. The summed E-state index contributed by atoms with van der Waals surface area (Å²) in [5.41, 5.74) is 0. The molecule has 0 spiro atoms. The minimum absolute atomic E-state index is 0.296. The van der Waals surface area contributed by atoms with Gasteiger partial charge in [0.25, 0.3) is 0 Å². The van der Waals surface area contributed by atoms with Gasteiger partial charge >= 0.3 is 0 Å². The number of hydrogen-bond donors (Lipinski definition) is 2. The molecule has 18 heavy (non-hydrogen) atoms. The molecule has 7 heteroatoms. The first kappa shape index (κ1) is 14.0. The van der Waals surface area contributed by atoms with Crippen molar-refractivity contribution in [1.82, 2.24) is 10.0 Å². The van der Waals surface area contributed by atoms with Gasteiger partial charge in [0.1, 0.15) is 0 Å². The SMILES string of the molecule is COCCNS(=O)(=O)c1ccsc1CNC1CC1. The van der Waals surface area contributed by atoms with E-state index in [1.54, 1.807) is 13.2 Å². The van der Waals surface area contributed by atoms with Crippen molar-refractivity contribution in [3.63, 3.8) is 0 Å². The molecule has 0 saturated heterocycles. The molecule has 0 aromatic carbocycles. The standard InChI is InChI=1S/C11H18N2O3S2/c1-16-6-5-13-18(14,15)11-4-7-17-10(11)8-12-9-2-3-9/h4,7,9,12-13H,2-3,5-6,8H2,1H3. The summed E-state index contributed by atoms with van der Waals surface area (Å²) < 4.78 is 31.5. The number of methoxy groups -OCH3 is 1. The highest BCUT2D eigenvalue weighted by Gasteiger charge is 2.23. The van der Waals surface area contributed by atoms with Gasteiger partial charge in [-0.25, -0.2) is 13.1 Å². The normalized spacial score (nSPS) is 16.1. The van der Waals surface area contributed by atoms with Crippen LogP contribution in [0.2, 0.25) is 0 Å². The van der Waals surface area contributed by atoms with Crippen molar-refractivity contribution < 1.29 is 13.2 Å². The van der Waals surface area contributed by atoms with Gasteiger partial charge in [-0.2, -0.15) is 0 Å². The third-order valence-corrected chi connectivity index (χ3v) is 5.32. The summed E-state index contributed by atoms with van der Waals surface area (Å²) in [6.45, 7) is 1.30. The Hall–Kier alpha value is -0.470. The molecule has 1 heterocycles. The zero-order valence-electron chi connectivity index (χ0n) is 10.3. The molecule has 1 saturated carbocycles. The zero-order chi connectivity index (χ0) is 13.0. The monoisotopic (exact) mass is 290 g/mol. The molecule has 0 radical (unpaired) electrons. The van der Waals surface area contributed by atoms with E-state index in [2.05, 4.69) is 10.0 Å². The molecule has 0 bridgehead atoms. The predicted octanol–water partition coefficient (Wildman–Crippen LogP) is 0.925. The van der Waals surface area contributed by atoms with Gasteiger partial charge in [0.15, 0.2) is 0 Å². The fourth-order valence-electron chi connectivity index (χ4n) is 1.58. The minimum atomic E-state index is -3.41. The highest BCUT2D eigenvalue weighted by atomic mass is 32.2. The van der Waals surface area contributed by atoms with E-state index >= 15 is 0 Å². The highest BCUT2D eigenvalue weighted by molar-refractivity contribution is 7.89. The predicted molar refractivity (Wildman–Crippen MR) is 71.2 cm³/mol. The molecule has 0 amide bonds. The van der Waals surface area contributed by atoms with Crippen LogP contribution in [0.5, 0.6) is 0 Å². The van der Waals surface area contributed by atoms with E-state index in [1.807, 2.05) is 5.38 Å². The van der Waals surface area contributed by atoms with Crippen molar-refractivity contribution in [2.45, 2.75) is 30.3 Å². The second-order valence-electron chi connectivity index (χ2n) is 4.25. The van der Waals surface area contributed by atoms with E-state index in [-0.39, 0.29) is 0 Å². The summed E-state index contributed by atoms with van der Waals surface area (Å²) in [5.74, 6) is 0. The molecule has 1 aliphatic rings. The summed E-state index contributed by atoms with van der Waals surface area (Å²) in [5, 5.41) is 5.15. The van der Waals surface area contributed by atoms with Crippen LogP contribution in [-0.2, 0) is 21.3 Å². The maximum Gasteiger partial charge on any atom is 0.241 e. The van der Waals surface area contributed by atoms with Gasteiger partial charge in [0.05, 0.1) is 11.5 Å². The molecule has 1 fully saturated rings. The lowest BCUT2D eigenvalue weighted by Crippen LogP contribution is -2.28. The Kier molecular flexibility index (Phi) is 4.74. The van der Waals surface area contributed by atoms with Gasteiger partial charge in [-0.3, -0.25) is 0 Å². The van der Waals surface area contributed by atoms with Gasteiger partial charge in [-0.1, -0.05) is 0 Å². The van der Waals surface area contributed by atoms with Crippen LogP contribution in [0.4, 0.5) is 0 Å². The fourth-order valence-corrected chi connectivity index (χ4v) is 3.98. The van der Waals surface area contributed by atoms with E-state index in [0.717, 1.165) is 4.88 Å². The van der Waals surface area contributed by atoms with E-state index < -0.39 is 10.0 Å². The topological polar surface area (TPSA) is 67.4 Å². The van der Waals surface area contributed by atoms with Crippen molar-refractivity contribution in [3.8, 4) is 0 Å². The van der Waals surface area contributed by atoms with Crippen LogP contribution >= 0.6 is 11.3 Å². The molecule has 102 valence electrons. The summed E-state index contributed by atoms with van der Waals surface area (Å²) >= 11 is 1.47. The Bertz CT molecular complexity index is 480. The van der Waals surface area contributed by atoms with Crippen LogP contribution in [0.25, 0.3) is 0 Å². The molecule has 2 rings (SSSR count). The Morgan fingerprint density at radius 2 is 2.28 bits per heavy atom. The zero-order valence-corrected chi connectivity index (χ0v) is 11.9. The first-order chi connectivity index (χ1) is 8.63. The van der Waals surface area contributed by atoms with Crippen molar-refractivity contribution in [1.29, 1.82) is 0 Å². The van der Waals surface area contributed by atoms with E-state index in [1.165, 1.54) is 24.2 Å². The number of rotatable bonds is 8. The molecular formula is C11H18N2O3S2.